The maximum atomic E-state index is 16.0. The molecule has 12 nitrogen and oxygen atoms in total. The molecule has 0 amide bonds. The molecule has 0 saturated carbocycles. The van der Waals surface area contributed by atoms with Crippen LogP contribution in [0.15, 0.2) is 67.0 Å². The number of carbonyl (C=O) groups is 3. The molecular weight excluding hydrogens is 735 g/mol. The molecule has 0 aliphatic carbocycles. The smallest absolute Gasteiger partial charge is 0.490 e. The number of nitrogens with two attached hydrogens (primary N) is 1. The number of nitrogens with one attached hydrogen (secondary N) is 2. The molecule has 0 saturated heterocycles. The van der Waals surface area contributed by atoms with Crippen molar-refractivity contribution in [2.24, 2.45) is 0 Å². The van der Waals surface area contributed by atoms with Gasteiger partial charge in [0.2, 0.25) is 0 Å². The Bertz CT molecular complexity index is 2110. The highest BCUT2D eigenvalue weighted by molar-refractivity contribution is 5.96. The monoisotopic (exact) mass is 767 g/mol. The fourth-order valence-corrected chi connectivity index (χ4v) is 4.92. The number of aromatic amines is 1. The second kappa shape index (κ2) is 17.4. The van der Waals surface area contributed by atoms with Crippen LogP contribution in [0.2, 0.25) is 0 Å². The quantitative estimate of drug-likeness (QED) is 0.0800. The minimum Gasteiger partial charge on any atom is -0.491 e. The number of nitrogen functional groups attached to an aromatic ring is 1. The van der Waals surface area contributed by atoms with Crippen molar-refractivity contribution in [3.63, 3.8) is 0 Å². The Hall–Kier alpha value is -6.40. The third-order valence-electron chi connectivity index (χ3n) is 7.38. The van der Waals surface area contributed by atoms with Gasteiger partial charge in [0.25, 0.3) is 0 Å². The molecule has 0 bridgehead atoms. The number of aliphatic carboxylic acids is 2. The van der Waals surface area contributed by atoms with E-state index in [0.29, 0.717) is 47.2 Å². The van der Waals surface area contributed by atoms with E-state index in [1.54, 1.807) is 36.7 Å². The summed E-state index contributed by atoms with van der Waals surface area (Å²) in [6.07, 6.45) is -6.27. The lowest BCUT2D eigenvalue weighted by Gasteiger charge is -2.22. The van der Waals surface area contributed by atoms with E-state index in [0.717, 1.165) is 21.9 Å². The molecule has 19 heteroatoms. The van der Waals surface area contributed by atoms with Crippen LogP contribution in [0.1, 0.15) is 52.8 Å². The number of H-pyrrole nitrogens is 1. The number of anilines is 2. The molecule has 5 aromatic rings. The number of ether oxygens (including phenoxy) is 1. The van der Waals surface area contributed by atoms with E-state index < -0.39 is 42.1 Å². The van der Waals surface area contributed by atoms with Gasteiger partial charge in [-0.05, 0) is 73.2 Å². The number of nitrogens with zero attached hydrogens (tertiary/aromatic N) is 2. The van der Waals surface area contributed by atoms with Gasteiger partial charge >= 0.3 is 30.3 Å². The molecule has 288 valence electrons. The number of carboxylic acids is 3. The number of hydrogen-bond donors (Lipinski definition) is 6. The number of carboxylic acid groups (broad SMARTS) is 3. The summed E-state index contributed by atoms with van der Waals surface area (Å²) in [5.41, 5.74) is 9.98. The number of rotatable bonds is 9. The number of pyridine rings is 1. The summed E-state index contributed by atoms with van der Waals surface area (Å²) in [7, 11) is 0. The largest absolute Gasteiger partial charge is 0.491 e. The highest BCUT2D eigenvalue weighted by Gasteiger charge is 2.39. The molecule has 0 aliphatic rings. The molecule has 0 aliphatic heterocycles. The number of hydrogen-bond acceptors (Lipinski definition) is 8. The lowest BCUT2D eigenvalue weighted by atomic mass is 9.99. The zero-order valence-electron chi connectivity index (χ0n) is 28.4. The van der Waals surface area contributed by atoms with E-state index in [4.69, 9.17) is 30.3 Å². The maximum Gasteiger partial charge on any atom is 0.490 e. The van der Waals surface area contributed by atoms with Gasteiger partial charge in [0, 0.05) is 28.4 Å². The SMILES string of the molecule is CCOc1cc(CC)cc(C(Nc2ccc3c(N)nccc3c2)c2ncc(-c3c(C)cccc3C(=O)O)[nH]2)c1F.O=C(O)C(F)(F)F.O=C(O)C(F)(F)F. The van der Waals surface area contributed by atoms with Crippen molar-refractivity contribution in [2.75, 3.05) is 17.7 Å². The Morgan fingerprint density at radius 2 is 1.56 bits per heavy atom. The highest BCUT2D eigenvalue weighted by atomic mass is 19.4. The number of fused-ring (bicyclic) bond motifs is 1. The molecule has 2 aromatic heterocycles. The Morgan fingerprint density at radius 3 is 2.11 bits per heavy atom. The summed E-state index contributed by atoms with van der Waals surface area (Å²) in [6, 6.07) is 15.3. The molecule has 3 aromatic carbocycles. The van der Waals surface area contributed by atoms with Gasteiger partial charge in [-0.2, -0.15) is 26.3 Å². The first-order valence-corrected chi connectivity index (χ1v) is 15.5. The normalized spacial score (nSPS) is 11.7. The fourth-order valence-electron chi connectivity index (χ4n) is 4.92. The zero-order valence-corrected chi connectivity index (χ0v) is 28.4. The number of halogens is 7. The molecule has 5 rings (SSSR count). The summed E-state index contributed by atoms with van der Waals surface area (Å²) in [5.74, 6) is -6.05. The van der Waals surface area contributed by atoms with Crippen molar-refractivity contribution in [1.29, 1.82) is 0 Å². The molecule has 54 heavy (non-hydrogen) atoms. The van der Waals surface area contributed by atoms with Crippen LogP contribution in [0.3, 0.4) is 0 Å². The zero-order chi connectivity index (χ0) is 40.5. The second-order valence-electron chi connectivity index (χ2n) is 11.1. The standard InChI is InChI=1S/C31H30FN5O3.2C2HF3O2/c1-4-18-13-23(27(32)25(14-18)40-5-2)28(36-20-9-10-21-19(15-20)11-12-34-29(21)33)30-35-16-24(37-30)26-17(3)7-6-8-22(26)31(38)39;2*3-2(4,5)1(6)7/h6-16,28,36H,4-5H2,1-3H3,(H2,33,34)(H,35,37)(H,38,39);2*(H,6,7). The van der Waals surface area contributed by atoms with Crippen LogP contribution in [-0.2, 0) is 16.0 Å². The Kier molecular flexibility index (Phi) is 13.5. The van der Waals surface area contributed by atoms with E-state index >= 15 is 4.39 Å². The van der Waals surface area contributed by atoms with Gasteiger partial charge in [-0.1, -0.05) is 25.1 Å². The van der Waals surface area contributed by atoms with Crippen molar-refractivity contribution in [3.05, 3.63) is 101 Å². The molecule has 7 N–H and O–H groups in total. The van der Waals surface area contributed by atoms with E-state index in [2.05, 4.69) is 20.3 Å². The average Bonchev–Trinajstić information content (AvgIpc) is 3.57. The lowest BCUT2D eigenvalue weighted by Crippen LogP contribution is -2.21. The van der Waals surface area contributed by atoms with Crippen LogP contribution in [0, 0.1) is 12.7 Å². The summed E-state index contributed by atoms with van der Waals surface area (Å²) >= 11 is 0. The average molecular weight is 768 g/mol. The van der Waals surface area contributed by atoms with Gasteiger partial charge < -0.3 is 36.1 Å². The second-order valence-corrected chi connectivity index (χ2v) is 11.1. The van der Waals surface area contributed by atoms with Gasteiger partial charge in [-0.25, -0.2) is 28.7 Å². The molecule has 0 radical (unpaired) electrons. The van der Waals surface area contributed by atoms with Crippen molar-refractivity contribution in [1.82, 2.24) is 15.0 Å². The van der Waals surface area contributed by atoms with Crippen LogP contribution in [-0.4, -0.2) is 67.1 Å². The first-order valence-electron chi connectivity index (χ1n) is 15.5. The number of aromatic carboxylic acids is 1. The third kappa shape index (κ3) is 10.6. The van der Waals surface area contributed by atoms with E-state index in [1.165, 1.54) is 0 Å². The van der Waals surface area contributed by atoms with Crippen LogP contribution in [0.25, 0.3) is 22.0 Å². The van der Waals surface area contributed by atoms with E-state index in [9.17, 15) is 36.2 Å². The Balaban J connectivity index is 0.000000476. The minimum absolute atomic E-state index is 0.151. The Morgan fingerprint density at radius 1 is 0.926 bits per heavy atom. The van der Waals surface area contributed by atoms with E-state index in [-0.39, 0.29) is 11.3 Å². The van der Waals surface area contributed by atoms with Crippen molar-refractivity contribution in [3.8, 4) is 17.0 Å². The predicted octanol–water partition coefficient (Wildman–Crippen LogP) is 7.78. The fraction of sp³-hybridized carbons (Fsp3) is 0.229. The van der Waals surface area contributed by atoms with E-state index in [1.807, 2.05) is 51.1 Å². The van der Waals surface area contributed by atoms with Crippen LogP contribution in [0.4, 0.5) is 42.2 Å². The van der Waals surface area contributed by atoms with Crippen molar-refractivity contribution in [2.45, 2.75) is 45.6 Å². The lowest BCUT2D eigenvalue weighted by molar-refractivity contribution is -0.193. The maximum absolute atomic E-state index is 16.0. The number of imidazole rings is 1. The molecule has 0 fully saturated rings. The number of benzene rings is 3. The number of alkyl halides is 6. The molecule has 1 atom stereocenters. The van der Waals surface area contributed by atoms with Crippen molar-refractivity contribution >= 4 is 40.2 Å². The van der Waals surface area contributed by atoms with Gasteiger partial charge in [-0.3, -0.25) is 0 Å². The molecule has 1 unspecified atom stereocenters. The predicted molar refractivity (Wildman–Crippen MR) is 182 cm³/mol. The summed E-state index contributed by atoms with van der Waals surface area (Å²) in [6.45, 7) is 5.96. The number of aryl methyl sites for hydroxylation is 2. The minimum atomic E-state index is -5.08. The highest BCUT2D eigenvalue weighted by Crippen LogP contribution is 2.36. The van der Waals surface area contributed by atoms with Crippen molar-refractivity contribution < 1.29 is 65.2 Å². The molecular formula is C35H32F7N5O7. The summed E-state index contributed by atoms with van der Waals surface area (Å²) in [5, 5.41) is 29.2. The van der Waals surface area contributed by atoms with Crippen LogP contribution in [0.5, 0.6) is 5.75 Å². The molecule has 0 spiro atoms. The number of aromatic nitrogens is 3. The van der Waals surface area contributed by atoms with Crippen LogP contribution < -0.4 is 15.8 Å². The van der Waals surface area contributed by atoms with Gasteiger partial charge in [0.05, 0.1) is 24.1 Å². The first kappa shape index (κ1) is 42.0. The summed E-state index contributed by atoms with van der Waals surface area (Å²) in [4.78, 5) is 41.8. The molecule has 2 heterocycles. The van der Waals surface area contributed by atoms with Gasteiger partial charge in [-0.15, -0.1) is 0 Å². The Labute approximate surface area is 301 Å². The first-order chi connectivity index (χ1) is 25.2. The van der Waals surface area contributed by atoms with Gasteiger partial charge in [0.1, 0.15) is 17.7 Å². The third-order valence-corrected chi connectivity index (χ3v) is 7.38. The summed E-state index contributed by atoms with van der Waals surface area (Å²) < 4.78 is 85.1. The topological polar surface area (TPSA) is 201 Å². The van der Waals surface area contributed by atoms with Gasteiger partial charge in [0.15, 0.2) is 11.6 Å². The van der Waals surface area contributed by atoms with Crippen LogP contribution >= 0.6 is 0 Å².